The van der Waals surface area contributed by atoms with E-state index in [2.05, 4.69) is 9.97 Å². The number of hydrogen-bond donors (Lipinski definition) is 1. The number of hydrogen-bond acceptors (Lipinski definition) is 6. The Labute approximate surface area is 111 Å². The maximum Gasteiger partial charge on any atom is 0.308 e. The van der Waals surface area contributed by atoms with Crippen LogP contribution in [0.1, 0.15) is 15.6 Å². The van der Waals surface area contributed by atoms with E-state index in [4.69, 9.17) is 5.11 Å². The van der Waals surface area contributed by atoms with Crippen LogP contribution in [0.4, 0.5) is 0 Å². The number of thioether (sulfide) groups is 1. The van der Waals surface area contributed by atoms with Crippen LogP contribution in [0.5, 0.6) is 0 Å². The minimum Gasteiger partial charge on any atom is -0.481 e. The van der Waals surface area contributed by atoms with Crippen LogP contribution >= 0.6 is 34.4 Å². The topological polar surface area (TPSA) is 63.1 Å². The van der Waals surface area contributed by atoms with Gasteiger partial charge in [0.2, 0.25) is 0 Å². The van der Waals surface area contributed by atoms with Gasteiger partial charge in [-0.2, -0.15) is 0 Å². The quantitative estimate of drug-likeness (QED) is 0.856. The van der Waals surface area contributed by atoms with Crippen LogP contribution in [-0.4, -0.2) is 21.0 Å². The first-order valence-electron chi connectivity index (χ1n) is 4.84. The van der Waals surface area contributed by atoms with Crippen molar-refractivity contribution in [3.63, 3.8) is 0 Å². The number of carbonyl (C=O) groups is 1. The van der Waals surface area contributed by atoms with Crippen molar-refractivity contribution < 1.29 is 9.90 Å². The van der Waals surface area contributed by atoms with E-state index in [-0.39, 0.29) is 6.42 Å². The Morgan fingerprint density at radius 1 is 1.59 bits per heavy atom. The molecule has 0 aliphatic heterocycles. The molecule has 2 aromatic heterocycles. The number of carboxylic acid groups (broad SMARTS) is 1. The SMILES string of the molecule is Cc1nc(SCc2nccs2)sc1CC(=O)O. The highest BCUT2D eigenvalue weighted by atomic mass is 32.2. The number of aryl methyl sites for hydroxylation is 1. The summed E-state index contributed by atoms with van der Waals surface area (Å²) in [5.74, 6) is -0.0230. The Morgan fingerprint density at radius 2 is 2.41 bits per heavy atom. The highest BCUT2D eigenvalue weighted by Crippen LogP contribution is 2.30. The van der Waals surface area contributed by atoms with E-state index in [0.29, 0.717) is 0 Å². The Morgan fingerprint density at radius 3 is 3.06 bits per heavy atom. The third-order valence-corrected chi connectivity index (χ3v) is 5.26. The minimum absolute atomic E-state index is 0.0569. The molecule has 4 nitrogen and oxygen atoms in total. The van der Waals surface area contributed by atoms with Crippen molar-refractivity contribution in [3.05, 3.63) is 27.2 Å². The molecule has 0 atom stereocenters. The Hall–Kier alpha value is -0.920. The molecule has 0 spiro atoms. The number of aromatic nitrogens is 2. The van der Waals surface area contributed by atoms with Gasteiger partial charge < -0.3 is 5.11 Å². The molecule has 0 amide bonds. The predicted molar refractivity (Wildman–Crippen MR) is 69.9 cm³/mol. The van der Waals surface area contributed by atoms with Crippen molar-refractivity contribution >= 4 is 40.4 Å². The second-order valence-corrected chi connectivity index (χ2v) is 6.56. The monoisotopic (exact) mass is 286 g/mol. The zero-order valence-corrected chi connectivity index (χ0v) is 11.5. The van der Waals surface area contributed by atoms with Crippen LogP contribution in [0.25, 0.3) is 0 Å². The normalized spacial score (nSPS) is 10.6. The largest absolute Gasteiger partial charge is 0.481 e. The summed E-state index contributed by atoms with van der Waals surface area (Å²) in [6, 6.07) is 0. The summed E-state index contributed by atoms with van der Waals surface area (Å²) in [5.41, 5.74) is 0.819. The molecule has 90 valence electrons. The van der Waals surface area contributed by atoms with Gasteiger partial charge in [-0.05, 0) is 6.92 Å². The van der Waals surface area contributed by atoms with Gasteiger partial charge in [0.1, 0.15) is 5.01 Å². The molecule has 7 heteroatoms. The van der Waals surface area contributed by atoms with E-state index in [1.807, 2.05) is 12.3 Å². The maximum atomic E-state index is 10.6. The van der Waals surface area contributed by atoms with Crippen molar-refractivity contribution in [2.24, 2.45) is 0 Å². The van der Waals surface area contributed by atoms with Crippen LogP contribution in [0, 0.1) is 6.92 Å². The van der Waals surface area contributed by atoms with Crippen LogP contribution in [0.3, 0.4) is 0 Å². The van der Waals surface area contributed by atoms with Gasteiger partial charge in [-0.25, -0.2) is 9.97 Å². The summed E-state index contributed by atoms with van der Waals surface area (Å²) in [7, 11) is 0. The average Bonchev–Trinajstić information content (AvgIpc) is 2.86. The third-order valence-electron chi connectivity index (χ3n) is 1.99. The average molecular weight is 286 g/mol. The zero-order valence-electron chi connectivity index (χ0n) is 9.04. The highest BCUT2D eigenvalue weighted by Gasteiger charge is 2.11. The smallest absolute Gasteiger partial charge is 0.308 e. The summed E-state index contributed by atoms with van der Waals surface area (Å²) in [6.45, 7) is 1.85. The van der Waals surface area contributed by atoms with E-state index >= 15 is 0 Å². The van der Waals surface area contributed by atoms with Crippen molar-refractivity contribution in [2.75, 3.05) is 0 Å². The Balaban J connectivity index is 1.99. The molecular weight excluding hydrogens is 276 g/mol. The molecule has 0 fully saturated rings. The fourth-order valence-electron chi connectivity index (χ4n) is 1.21. The molecule has 0 aliphatic rings. The third kappa shape index (κ3) is 3.52. The lowest BCUT2D eigenvalue weighted by Gasteiger charge is -1.91. The van der Waals surface area contributed by atoms with Crippen LogP contribution < -0.4 is 0 Å². The van der Waals surface area contributed by atoms with Gasteiger partial charge in [-0.15, -0.1) is 22.7 Å². The molecule has 2 rings (SSSR count). The molecule has 17 heavy (non-hydrogen) atoms. The fourth-order valence-corrected chi connectivity index (χ4v) is 4.08. The molecule has 2 aromatic rings. The Kier molecular flexibility index (Phi) is 4.14. The zero-order chi connectivity index (χ0) is 12.3. The van der Waals surface area contributed by atoms with Gasteiger partial charge >= 0.3 is 5.97 Å². The van der Waals surface area contributed by atoms with Crippen LogP contribution in [-0.2, 0) is 17.0 Å². The van der Waals surface area contributed by atoms with Crippen LogP contribution in [0.2, 0.25) is 0 Å². The molecule has 0 saturated carbocycles. The molecule has 0 radical (unpaired) electrons. The van der Waals surface area contributed by atoms with Crippen molar-refractivity contribution in [1.82, 2.24) is 9.97 Å². The van der Waals surface area contributed by atoms with Crippen molar-refractivity contribution in [2.45, 2.75) is 23.4 Å². The number of carboxylic acids is 1. The molecule has 0 aromatic carbocycles. The van der Waals surface area contributed by atoms with Gasteiger partial charge in [0.05, 0.1) is 17.9 Å². The number of thiazole rings is 2. The summed E-state index contributed by atoms with van der Waals surface area (Å²) in [6.07, 6.45) is 1.84. The van der Waals surface area contributed by atoms with E-state index in [9.17, 15) is 4.79 Å². The molecule has 0 aliphatic carbocycles. The number of aliphatic carboxylic acids is 1. The lowest BCUT2D eigenvalue weighted by molar-refractivity contribution is -0.136. The van der Waals surface area contributed by atoms with E-state index in [1.165, 1.54) is 11.3 Å². The fraction of sp³-hybridized carbons (Fsp3) is 0.300. The predicted octanol–water partition coefficient (Wildman–Crippen LogP) is 2.83. The van der Waals surface area contributed by atoms with Gasteiger partial charge in [0.15, 0.2) is 4.34 Å². The minimum atomic E-state index is -0.812. The molecule has 0 saturated heterocycles. The van der Waals surface area contributed by atoms with E-state index in [0.717, 1.165) is 25.7 Å². The number of rotatable bonds is 5. The number of nitrogens with zero attached hydrogens (tertiary/aromatic N) is 2. The molecule has 2 heterocycles. The lowest BCUT2D eigenvalue weighted by Crippen LogP contribution is -1.99. The van der Waals surface area contributed by atoms with Gasteiger partial charge in [0, 0.05) is 16.5 Å². The molecular formula is C10H10N2O2S3. The van der Waals surface area contributed by atoms with E-state index in [1.54, 1.807) is 29.3 Å². The first-order valence-corrected chi connectivity index (χ1v) is 7.52. The first kappa shape index (κ1) is 12.5. The van der Waals surface area contributed by atoms with Crippen LogP contribution in [0.15, 0.2) is 15.9 Å². The molecule has 0 unspecified atom stereocenters. The van der Waals surface area contributed by atoms with Gasteiger partial charge in [-0.1, -0.05) is 11.8 Å². The van der Waals surface area contributed by atoms with Crippen molar-refractivity contribution in [1.29, 1.82) is 0 Å². The van der Waals surface area contributed by atoms with Gasteiger partial charge in [-0.3, -0.25) is 4.79 Å². The maximum absolute atomic E-state index is 10.6. The Bertz CT molecular complexity index is 508. The molecule has 1 N–H and O–H groups in total. The lowest BCUT2D eigenvalue weighted by atomic mass is 10.3. The van der Waals surface area contributed by atoms with Gasteiger partial charge in [0.25, 0.3) is 0 Å². The van der Waals surface area contributed by atoms with Crippen molar-refractivity contribution in [3.8, 4) is 0 Å². The standard InChI is InChI=1S/C10H10N2O2S3/c1-6-7(4-9(13)14)17-10(12-6)16-5-8-11-2-3-15-8/h2-3H,4-5H2,1H3,(H,13,14). The summed E-state index contributed by atoms with van der Waals surface area (Å²) in [4.78, 5) is 20.0. The second-order valence-electron chi connectivity index (χ2n) is 3.27. The van der Waals surface area contributed by atoms with E-state index < -0.39 is 5.97 Å². The first-order chi connectivity index (χ1) is 8.15. The summed E-state index contributed by atoms with van der Waals surface area (Å²) >= 11 is 4.67. The highest BCUT2D eigenvalue weighted by molar-refractivity contribution is 8.00. The summed E-state index contributed by atoms with van der Waals surface area (Å²) in [5, 5.41) is 11.7. The summed E-state index contributed by atoms with van der Waals surface area (Å²) < 4.78 is 0.911. The molecule has 0 bridgehead atoms. The second kappa shape index (κ2) is 5.61.